The molecule has 6 nitrogen and oxygen atoms in total. The van der Waals surface area contributed by atoms with Gasteiger partial charge in [0.1, 0.15) is 0 Å². The maximum absolute atomic E-state index is 12.5. The molecule has 3 rings (SSSR count). The number of carboxylic acid groups (broad SMARTS) is 1. The second kappa shape index (κ2) is 7.00. The molecule has 0 unspecified atom stereocenters. The average molecular weight is 352 g/mol. The summed E-state index contributed by atoms with van der Waals surface area (Å²) in [6, 6.07) is 11.8. The molecular weight excluding hydrogens is 332 g/mol. The van der Waals surface area contributed by atoms with E-state index in [1.54, 1.807) is 17.0 Å². The highest BCUT2D eigenvalue weighted by Crippen LogP contribution is 2.27. The molecule has 0 spiro atoms. The van der Waals surface area contributed by atoms with Crippen molar-refractivity contribution in [2.75, 3.05) is 16.8 Å². The van der Waals surface area contributed by atoms with Gasteiger partial charge in [-0.05, 0) is 61.4 Å². The van der Waals surface area contributed by atoms with Crippen LogP contribution in [0.5, 0.6) is 0 Å². The normalized spacial score (nSPS) is 16.6. The maximum Gasteiger partial charge on any atom is 0.335 e. The largest absolute Gasteiger partial charge is 0.478 e. The van der Waals surface area contributed by atoms with E-state index >= 15 is 0 Å². The van der Waals surface area contributed by atoms with E-state index in [1.165, 1.54) is 12.1 Å². The van der Waals surface area contributed by atoms with Gasteiger partial charge in [-0.15, -0.1) is 0 Å². The number of carbonyl (C=O) groups excluding carboxylic acids is 2. The molecule has 0 saturated carbocycles. The highest BCUT2D eigenvalue weighted by molar-refractivity contribution is 6.03. The van der Waals surface area contributed by atoms with E-state index in [1.807, 2.05) is 32.0 Å². The molecule has 26 heavy (non-hydrogen) atoms. The van der Waals surface area contributed by atoms with Gasteiger partial charge in [0.05, 0.1) is 11.5 Å². The third kappa shape index (κ3) is 3.59. The van der Waals surface area contributed by atoms with Gasteiger partial charge in [0.2, 0.25) is 11.8 Å². The van der Waals surface area contributed by atoms with E-state index in [-0.39, 0.29) is 23.8 Å². The molecule has 1 heterocycles. The van der Waals surface area contributed by atoms with Gasteiger partial charge in [-0.25, -0.2) is 4.79 Å². The molecule has 134 valence electrons. The van der Waals surface area contributed by atoms with Crippen LogP contribution in [0.4, 0.5) is 11.4 Å². The zero-order valence-electron chi connectivity index (χ0n) is 14.7. The average Bonchev–Trinajstić information content (AvgIpc) is 3.00. The highest BCUT2D eigenvalue weighted by Gasteiger charge is 2.35. The SMILES string of the molecule is Cc1ccc(N2C[C@@H](C(=O)Nc3ccc(C(=O)O)cc3)CC2=O)cc1C. The number of anilines is 2. The third-order valence-corrected chi connectivity index (χ3v) is 4.70. The second-order valence-corrected chi connectivity index (χ2v) is 6.55. The van der Waals surface area contributed by atoms with Gasteiger partial charge in [-0.3, -0.25) is 9.59 Å². The number of aromatic carboxylic acids is 1. The van der Waals surface area contributed by atoms with Crippen LogP contribution in [0, 0.1) is 19.8 Å². The van der Waals surface area contributed by atoms with Gasteiger partial charge in [-0.1, -0.05) is 6.07 Å². The number of rotatable bonds is 4. The van der Waals surface area contributed by atoms with E-state index in [4.69, 9.17) is 5.11 Å². The molecule has 1 fully saturated rings. The standard InChI is InChI=1S/C20H20N2O4/c1-12-3-8-17(9-13(12)2)22-11-15(10-18(22)23)19(24)21-16-6-4-14(5-7-16)20(25)26/h3-9,15H,10-11H2,1-2H3,(H,21,24)(H,25,26)/t15-/m0/s1. The number of carboxylic acids is 1. The summed E-state index contributed by atoms with van der Waals surface area (Å²) in [5.41, 5.74) is 3.72. The molecule has 1 saturated heterocycles. The first-order valence-electron chi connectivity index (χ1n) is 8.37. The molecule has 2 aromatic carbocycles. The number of hydrogen-bond acceptors (Lipinski definition) is 3. The van der Waals surface area contributed by atoms with Crippen LogP contribution in [0.3, 0.4) is 0 Å². The summed E-state index contributed by atoms with van der Waals surface area (Å²) in [7, 11) is 0. The van der Waals surface area contributed by atoms with Crippen LogP contribution in [-0.2, 0) is 9.59 Å². The Hall–Kier alpha value is -3.15. The fourth-order valence-electron chi connectivity index (χ4n) is 2.97. The van der Waals surface area contributed by atoms with Crippen molar-refractivity contribution < 1.29 is 19.5 Å². The zero-order valence-corrected chi connectivity index (χ0v) is 14.7. The van der Waals surface area contributed by atoms with E-state index < -0.39 is 11.9 Å². The molecule has 2 N–H and O–H groups in total. The molecule has 0 bridgehead atoms. The Bertz CT molecular complexity index is 874. The van der Waals surface area contributed by atoms with Crippen molar-refractivity contribution in [3.05, 3.63) is 59.2 Å². The minimum atomic E-state index is -1.02. The van der Waals surface area contributed by atoms with E-state index in [9.17, 15) is 14.4 Å². The van der Waals surface area contributed by atoms with Crippen molar-refractivity contribution >= 4 is 29.2 Å². The lowest BCUT2D eigenvalue weighted by Crippen LogP contribution is -2.28. The van der Waals surface area contributed by atoms with Crippen LogP contribution in [0.1, 0.15) is 27.9 Å². The van der Waals surface area contributed by atoms with Gasteiger partial charge in [-0.2, -0.15) is 0 Å². The molecule has 1 aliphatic rings. The van der Waals surface area contributed by atoms with Crippen LogP contribution in [0.2, 0.25) is 0 Å². The van der Waals surface area contributed by atoms with Crippen molar-refractivity contribution in [1.29, 1.82) is 0 Å². The van der Waals surface area contributed by atoms with Crippen LogP contribution in [-0.4, -0.2) is 29.4 Å². The zero-order chi connectivity index (χ0) is 18.8. The van der Waals surface area contributed by atoms with Crippen molar-refractivity contribution in [2.24, 2.45) is 5.92 Å². The molecule has 0 radical (unpaired) electrons. The van der Waals surface area contributed by atoms with E-state index in [0.717, 1.165) is 16.8 Å². The first kappa shape index (κ1) is 17.7. The minimum absolute atomic E-state index is 0.0744. The molecule has 0 aliphatic carbocycles. The quantitative estimate of drug-likeness (QED) is 0.886. The Morgan fingerprint density at radius 3 is 2.38 bits per heavy atom. The number of hydrogen-bond donors (Lipinski definition) is 2. The third-order valence-electron chi connectivity index (χ3n) is 4.70. The Kier molecular flexibility index (Phi) is 4.75. The molecular formula is C20H20N2O4. The molecule has 0 aromatic heterocycles. The van der Waals surface area contributed by atoms with Crippen LogP contribution < -0.4 is 10.2 Å². The van der Waals surface area contributed by atoms with Gasteiger partial charge >= 0.3 is 5.97 Å². The number of benzene rings is 2. The first-order valence-corrected chi connectivity index (χ1v) is 8.37. The lowest BCUT2D eigenvalue weighted by molar-refractivity contribution is -0.122. The summed E-state index contributed by atoms with van der Waals surface area (Å²) in [4.78, 5) is 37.3. The van der Waals surface area contributed by atoms with Crippen LogP contribution in [0.15, 0.2) is 42.5 Å². The lowest BCUT2D eigenvalue weighted by atomic mass is 10.1. The van der Waals surface area contributed by atoms with E-state index in [0.29, 0.717) is 12.2 Å². The Morgan fingerprint density at radius 1 is 1.08 bits per heavy atom. The maximum atomic E-state index is 12.5. The first-order chi connectivity index (χ1) is 12.3. The molecule has 1 atom stereocenters. The molecule has 1 aliphatic heterocycles. The van der Waals surface area contributed by atoms with Gasteiger partial charge in [0.25, 0.3) is 0 Å². The van der Waals surface area contributed by atoms with E-state index in [2.05, 4.69) is 5.32 Å². The molecule has 2 aromatic rings. The second-order valence-electron chi connectivity index (χ2n) is 6.55. The smallest absolute Gasteiger partial charge is 0.335 e. The van der Waals surface area contributed by atoms with Gasteiger partial charge in [0.15, 0.2) is 0 Å². The molecule has 2 amide bonds. The highest BCUT2D eigenvalue weighted by atomic mass is 16.4. The van der Waals surface area contributed by atoms with Crippen LogP contribution in [0.25, 0.3) is 0 Å². The summed E-state index contributed by atoms with van der Waals surface area (Å²) in [5.74, 6) is -1.78. The predicted octanol–water partition coefficient (Wildman–Crippen LogP) is 2.99. The Balaban J connectivity index is 1.68. The van der Waals surface area contributed by atoms with Crippen molar-refractivity contribution in [3.8, 4) is 0 Å². The predicted molar refractivity (Wildman–Crippen MR) is 98.4 cm³/mol. The number of nitrogens with one attached hydrogen (secondary N) is 1. The fraction of sp³-hybridized carbons (Fsp3) is 0.250. The minimum Gasteiger partial charge on any atom is -0.478 e. The van der Waals surface area contributed by atoms with Crippen LogP contribution >= 0.6 is 0 Å². The number of nitrogens with zero attached hydrogens (tertiary/aromatic N) is 1. The number of aryl methyl sites for hydroxylation is 2. The Morgan fingerprint density at radius 2 is 1.77 bits per heavy atom. The van der Waals surface area contributed by atoms with Gasteiger partial charge < -0.3 is 15.3 Å². The number of amides is 2. The molecule has 6 heteroatoms. The summed E-state index contributed by atoms with van der Waals surface area (Å²) in [5, 5.41) is 11.7. The topological polar surface area (TPSA) is 86.7 Å². The van der Waals surface area contributed by atoms with Crippen molar-refractivity contribution in [3.63, 3.8) is 0 Å². The monoisotopic (exact) mass is 352 g/mol. The fourth-order valence-corrected chi connectivity index (χ4v) is 2.97. The lowest BCUT2D eigenvalue weighted by Gasteiger charge is -2.18. The van der Waals surface area contributed by atoms with Crippen molar-refractivity contribution in [2.45, 2.75) is 20.3 Å². The summed E-state index contributed by atoms with van der Waals surface area (Å²) in [6.07, 6.45) is 0.159. The number of carbonyl (C=O) groups is 3. The summed E-state index contributed by atoms with van der Waals surface area (Å²) in [6.45, 7) is 4.33. The van der Waals surface area contributed by atoms with Crippen molar-refractivity contribution in [1.82, 2.24) is 0 Å². The summed E-state index contributed by atoms with van der Waals surface area (Å²) < 4.78 is 0. The Labute approximate surface area is 151 Å². The summed E-state index contributed by atoms with van der Waals surface area (Å²) >= 11 is 0. The van der Waals surface area contributed by atoms with Gasteiger partial charge in [0, 0.05) is 24.3 Å².